The molecule has 0 saturated carbocycles. The van der Waals surface area contributed by atoms with Crippen molar-refractivity contribution in [1.82, 2.24) is 4.98 Å². The number of nitro benzene ring substituents is 3. The number of non-ortho nitro benzene ring substituents is 3. The quantitative estimate of drug-likeness (QED) is 0.146. The van der Waals surface area contributed by atoms with Crippen molar-refractivity contribution in [1.29, 1.82) is 0 Å². The molecule has 0 aliphatic carbocycles. The predicted molar refractivity (Wildman–Crippen MR) is 150 cm³/mol. The van der Waals surface area contributed by atoms with Crippen LogP contribution in [0.3, 0.4) is 0 Å². The zero-order valence-corrected chi connectivity index (χ0v) is 21.1. The molecule has 1 aromatic heterocycles. The highest BCUT2D eigenvalue weighted by molar-refractivity contribution is 6.15. The van der Waals surface area contributed by atoms with Gasteiger partial charge in [-0.2, -0.15) is 0 Å². The first-order valence-electron chi connectivity index (χ1n) is 11.5. The lowest BCUT2D eigenvalue weighted by atomic mass is 9.97. The molecular formula is C26H18N6O10. The lowest BCUT2D eigenvalue weighted by molar-refractivity contribution is -0.403. The molecule has 16 nitrogen and oxygen atoms in total. The Bertz CT molecular complexity index is 1710. The average molecular weight is 574 g/mol. The van der Waals surface area contributed by atoms with E-state index in [9.17, 15) is 50.4 Å². The Morgan fingerprint density at radius 2 is 1.02 bits per heavy atom. The Kier molecular flexibility index (Phi) is 9.26. The first-order valence-corrected chi connectivity index (χ1v) is 11.5. The third kappa shape index (κ3) is 7.29. The summed E-state index contributed by atoms with van der Waals surface area (Å²) in [6.07, 6.45) is 1.12. The number of nitrogen functional groups attached to an aromatic ring is 1. The van der Waals surface area contributed by atoms with Crippen molar-refractivity contribution in [2.75, 3.05) is 5.73 Å². The highest BCUT2D eigenvalue weighted by Crippen LogP contribution is 2.28. The molecule has 5 aromatic rings. The Morgan fingerprint density at radius 3 is 1.36 bits per heavy atom. The van der Waals surface area contributed by atoms with Crippen molar-refractivity contribution in [3.05, 3.63) is 137 Å². The molecule has 0 amide bonds. The number of pyridine rings is 1. The van der Waals surface area contributed by atoms with E-state index in [1.807, 2.05) is 54.6 Å². The molecule has 4 aromatic carbocycles. The van der Waals surface area contributed by atoms with Gasteiger partial charge in [0.2, 0.25) is 0 Å². The van der Waals surface area contributed by atoms with Gasteiger partial charge in [-0.25, -0.2) is 9.78 Å². The first kappa shape index (κ1) is 30.0. The van der Waals surface area contributed by atoms with Crippen LogP contribution in [0.25, 0.3) is 21.5 Å². The molecule has 0 unspecified atom stereocenters. The first-order chi connectivity index (χ1) is 19.9. The number of fused-ring (bicyclic) bond motifs is 2. The van der Waals surface area contributed by atoms with Crippen LogP contribution in [0.5, 0.6) is 0 Å². The van der Waals surface area contributed by atoms with Crippen molar-refractivity contribution in [2.24, 2.45) is 0 Å². The molecule has 5 rings (SSSR count). The standard InChI is InChI=1S/C15H10O2.C6H3N3O6.C5H5N3O2/c16-15(17)14-12-7-3-1-5-10(12)9-11-6-2-4-8-13(11)14;10-7(11)4-1-5(8(12)13)3-6(2-4)9(14)15;6-5-2-1-4(3-7-5)8(9)10/h1-9H,(H,16,17);1-3H;1-3H,(H2,6,7). The summed E-state index contributed by atoms with van der Waals surface area (Å²) in [5.74, 6) is -0.594. The average Bonchev–Trinajstić information content (AvgIpc) is 2.96. The smallest absolute Gasteiger partial charge is 0.336 e. The summed E-state index contributed by atoms with van der Waals surface area (Å²) in [7, 11) is 0. The summed E-state index contributed by atoms with van der Waals surface area (Å²) in [5, 5.41) is 53.9. The summed E-state index contributed by atoms with van der Waals surface area (Å²) in [5.41, 5.74) is 3.48. The molecule has 212 valence electrons. The Hall–Kier alpha value is -6.58. The minimum atomic E-state index is -0.931. The summed E-state index contributed by atoms with van der Waals surface area (Å²) in [6, 6.07) is 21.8. The fourth-order valence-electron chi connectivity index (χ4n) is 3.65. The van der Waals surface area contributed by atoms with E-state index in [1.165, 1.54) is 12.1 Å². The van der Waals surface area contributed by atoms with Gasteiger partial charge in [-0.05, 0) is 33.7 Å². The van der Waals surface area contributed by atoms with Crippen LogP contribution in [0.4, 0.5) is 28.6 Å². The van der Waals surface area contributed by atoms with Crippen LogP contribution < -0.4 is 5.73 Å². The molecule has 0 aliphatic rings. The highest BCUT2D eigenvalue weighted by atomic mass is 16.6. The molecular weight excluding hydrogens is 556 g/mol. The van der Waals surface area contributed by atoms with Crippen LogP contribution in [-0.4, -0.2) is 35.8 Å². The number of carbonyl (C=O) groups is 1. The Balaban J connectivity index is 0.000000179. The van der Waals surface area contributed by atoms with Crippen molar-refractivity contribution in [2.45, 2.75) is 0 Å². The van der Waals surface area contributed by atoms with Crippen molar-refractivity contribution in [3.8, 4) is 0 Å². The minimum absolute atomic E-state index is 0.0470. The number of hydrogen-bond donors (Lipinski definition) is 2. The van der Waals surface area contributed by atoms with Crippen LogP contribution in [-0.2, 0) is 0 Å². The molecule has 0 spiro atoms. The SMILES string of the molecule is Nc1ccc([N+](=O)[O-])cn1.O=C(O)c1c2ccccc2cc2ccccc12.O=[N+]([O-])c1cc([N+](=O)[O-])cc([N+](=O)[O-])c1. The lowest BCUT2D eigenvalue weighted by Crippen LogP contribution is -1.99. The third-order valence-electron chi connectivity index (χ3n) is 5.49. The van der Waals surface area contributed by atoms with Gasteiger partial charge in [-0.3, -0.25) is 40.5 Å². The van der Waals surface area contributed by atoms with E-state index in [2.05, 4.69) is 4.98 Å². The van der Waals surface area contributed by atoms with E-state index in [0.29, 0.717) is 23.8 Å². The predicted octanol–water partition coefficient (Wildman–Crippen LogP) is 5.67. The number of aromatic carboxylic acids is 1. The summed E-state index contributed by atoms with van der Waals surface area (Å²) in [4.78, 5) is 52.6. The normalized spacial score (nSPS) is 10.0. The number of rotatable bonds is 5. The van der Waals surface area contributed by atoms with Gasteiger partial charge >= 0.3 is 5.97 Å². The van der Waals surface area contributed by atoms with Crippen LogP contribution >= 0.6 is 0 Å². The zero-order chi connectivity index (χ0) is 31.0. The van der Waals surface area contributed by atoms with Crippen molar-refractivity contribution in [3.63, 3.8) is 0 Å². The molecule has 0 saturated heterocycles. The molecule has 0 fully saturated rings. The van der Waals surface area contributed by atoms with Gasteiger partial charge < -0.3 is 10.8 Å². The fraction of sp³-hybridized carbons (Fsp3) is 0. The maximum atomic E-state index is 11.4. The van der Waals surface area contributed by atoms with Gasteiger partial charge in [-0.15, -0.1) is 0 Å². The van der Waals surface area contributed by atoms with Gasteiger partial charge in [0.15, 0.2) is 0 Å². The molecule has 42 heavy (non-hydrogen) atoms. The van der Waals surface area contributed by atoms with Gasteiger partial charge in [0.05, 0.1) is 43.5 Å². The number of carboxylic acids is 1. The Morgan fingerprint density at radius 1 is 0.619 bits per heavy atom. The third-order valence-corrected chi connectivity index (χ3v) is 5.49. The van der Waals surface area contributed by atoms with Gasteiger partial charge in [0.1, 0.15) is 12.0 Å². The molecule has 0 bridgehead atoms. The zero-order valence-electron chi connectivity index (χ0n) is 21.1. The highest BCUT2D eigenvalue weighted by Gasteiger charge is 2.21. The molecule has 16 heteroatoms. The van der Waals surface area contributed by atoms with Crippen LogP contribution in [0.1, 0.15) is 10.4 Å². The van der Waals surface area contributed by atoms with Gasteiger partial charge in [0, 0.05) is 6.07 Å². The number of aromatic nitrogens is 1. The van der Waals surface area contributed by atoms with Crippen LogP contribution in [0.2, 0.25) is 0 Å². The number of carboxylic acid groups (broad SMARTS) is 1. The number of nitrogens with two attached hydrogens (primary N) is 1. The van der Waals surface area contributed by atoms with Crippen molar-refractivity contribution >= 4 is 56.1 Å². The van der Waals surface area contributed by atoms with E-state index < -0.39 is 42.7 Å². The largest absolute Gasteiger partial charge is 0.478 e. The number of anilines is 1. The molecule has 0 atom stereocenters. The maximum absolute atomic E-state index is 11.4. The topological polar surface area (TPSA) is 249 Å². The Labute approximate surface area is 233 Å². The molecule has 0 aliphatic heterocycles. The number of benzene rings is 4. The molecule has 1 heterocycles. The van der Waals surface area contributed by atoms with E-state index in [4.69, 9.17) is 5.73 Å². The minimum Gasteiger partial charge on any atom is -0.478 e. The molecule has 3 N–H and O–H groups in total. The summed E-state index contributed by atoms with van der Waals surface area (Å²) in [6.45, 7) is 0. The van der Waals surface area contributed by atoms with E-state index in [0.717, 1.165) is 27.7 Å². The van der Waals surface area contributed by atoms with Gasteiger partial charge in [-0.1, -0.05) is 48.5 Å². The molecule has 0 radical (unpaired) electrons. The second-order valence-corrected chi connectivity index (χ2v) is 8.18. The van der Waals surface area contributed by atoms with E-state index in [-0.39, 0.29) is 11.5 Å². The lowest BCUT2D eigenvalue weighted by Gasteiger charge is -2.07. The van der Waals surface area contributed by atoms with Gasteiger partial charge in [0.25, 0.3) is 22.7 Å². The second kappa shape index (κ2) is 13.0. The van der Waals surface area contributed by atoms with Crippen molar-refractivity contribution < 1.29 is 29.6 Å². The number of nitrogens with zero attached hydrogens (tertiary/aromatic N) is 5. The number of hydrogen-bond acceptors (Lipinski definition) is 11. The monoisotopic (exact) mass is 574 g/mol. The second-order valence-electron chi connectivity index (χ2n) is 8.18. The maximum Gasteiger partial charge on any atom is 0.336 e. The summed E-state index contributed by atoms with van der Waals surface area (Å²) >= 11 is 0. The van der Waals surface area contributed by atoms with E-state index in [1.54, 1.807) is 0 Å². The fourth-order valence-corrected chi connectivity index (χ4v) is 3.65. The van der Waals surface area contributed by atoms with E-state index >= 15 is 0 Å². The van der Waals surface area contributed by atoms with Crippen LogP contribution in [0.15, 0.2) is 91.1 Å². The van der Waals surface area contributed by atoms with Crippen LogP contribution in [0, 0.1) is 40.5 Å². The summed E-state index contributed by atoms with van der Waals surface area (Å²) < 4.78 is 0. The number of nitro groups is 4.